The van der Waals surface area contributed by atoms with Crippen molar-refractivity contribution < 1.29 is 4.79 Å². The zero-order chi connectivity index (χ0) is 19.3. The number of thioether (sulfide) groups is 1. The van der Waals surface area contributed by atoms with E-state index in [0.29, 0.717) is 17.7 Å². The molecule has 0 radical (unpaired) electrons. The van der Waals surface area contributed by atoms with Crippen molar-refractivity contribution >= 4 is 23.4 Å². The average molecular weight is 395 g/mol. The maximum Gasteiger partial charge on any atom is 0.242 e. The number of carbonyl (C=O) groups is 1. The Labute approximate surface area is 173 Å². The Kier molecular flexibility index (Phi) is 6.26. The van der Waals surface area contributed by atoms with Crippen LogP contribution in [0.25, 0.3) is 0 Å². The van der Waals surface area contributed by atoms with Crippen LogP contribution in [0.3, 0.4) is 0 Å². The maximum atomic E-state index is 13.0. The van der Waals surface area contributed by atoms with Crippen molar-refractivity contribution in [1.29, 1.82) is 0 Å². The number of fused-ring (bicyclic) bond motifs is 1. The minimum atomic E-state index is 0.287. The summed E-state index contributed by atoms with van der Waals surface area (Å²) < 4.78 is 0. The molecule has 2 aliphatic heterocycles. The van der Waals surface area contributed by atoms with E-state index in [0.717, 1.165) is 45.3 Å². The molecule has 3 nitrogen and oxygen atoms in total. The van der Waals surface area contributed by atoms with Gasteiger partial charge in [-0.2, -0.15) is 0 Å². The van der Waals surface area contributed by atoms with Gasteiger partial charge in [0, 0.05) is 29.8 Å². The summed E-state index contributed by atoms with van der Waals surface area (Å²) in [6, 6.07) is 19.3. The topological polar surface area (TPSA) is 23.6 Å². The highest BCUT2D eigenvalue weighted by atomic mass is 32.2. The quantitative estimate of drug-likeness (QED) is 0.724. The number of hydrogen-bond donors (Lipinski definition) is 0. The normalized spacial score (nSPS) is 20.1. The Morgan fingerprint density at radius 3 is 2.50 bits per heavy atom. The van der Waals surface area contributed by atoms with Gasteiger partial charge in [0.2, 0.25) is 5.91 Å². The maximum absolute atomic E-state index is 13.0. The lowest BCUT2D eigenvalue weighted by Crippen LogP contribution is -2.46. The van der Waals surface area contributed by atoms with Crippen LogP contribution in [0.5, 0.6) is 0 Å². The second-order valence-corrected chi connectivity index (χ2v) is 9.35. The molecule has 0 N–H and O–H groups in total. The first-order valence-electron chi connectivity index (χ1n) is 10.5. The lowest BCUT2D eigenvalue weighted by atomic mass is 9.90. The molecule has 0 saturated carbocycles. The van der Waals surface area contributed by atoms with Crippen molar-refractivity contribution in [2.24, 2.45) is 5.92 Å². The molecule has 1 fully saturated rings. The van der Waals surface area contributed by atoms with Crippen LogP contribution in [0.2, 0.25) is 0 Å². The summed E-state index contributed by atoms with van der Waals surface area (Å²) in [6.45, 7) is 5.52. The molecule has 1 saturated heterocycles. The van der Waals surface area contributed by atoms with Gasteiger partial charge in [0.15, 0.2) is 0 Å². The third-order valence-corrected chi connectivity index (χ3v) is 7.45. The number of hydrogen-bond acceptors (Lipinski definition) is 3. The Hall–Kier alpha value is -1.94. The van der Waals surface area contributed by atoms with Crippen molar-refractivity contribution in [2.75, 3.05) is 31.1 Å². The van der Waals surface area contributed by atoms with Crippen molar-refractivity contribution in [1.82, 2.24) is 4.90 Å². The molecular formula is C24H30N2OS. The van der Waals surface area contributed by atoms with Crippen LogP contribution >= 0.6 is 11.8 Å². The van der Waals surface area contributed by atoms with Gasteiger partial charge in [0.25, 0.3) is 0 Å². The highest BCUT2D eigenvalue weighted by Gasteiger charge is 2.28. The largest absolute Gasteiger partial charge is 0.360 e. The summed E-state index contributed by atoms with van der Waals surface area (Å²) in [5.41, 5.74) is 2.64. The molecule has 4 heteroatoms. The molecule has 2 aromatic rings. The number of benzene rings is 2. The summed E-state index contributed by atoms with van der Waals surface area (Å²) in [7, 11) is 0. The molecule has 2 aromatic carbocycles. The van der Waals surface area contributed by atoms with Crippen LogP contribution in [0, 0.1) is 5.92 Å². The standard InChI is InChI=1S/C24H30N2OS/c1-2-21-17-26(22-10-6-7-11-23(22)28-21)18-24(27)25-14-12-20(13-15-25)16-19-8-4-3-5-9-19/h3-11,20-21H,2,12-18H2,1H3. The molecule has 4 rings (SSSR count). The number of likely N-dealkylation sites (tertiary alicyclic amines) is 1. The number of carbonyl (C=O) groups excluding carboxylic acids is 1. The first-order chi connectivity index (χ1) is 13.7. The van der Waals surface area contributed by atoms with Gasteiger partial charge < -0.3 is 9.80 Å². The number of para-hydroxylation sites is 1. The third-order valence-electron chi connectivity index (χ3n) is 6.04. The SMILES string of the molecule is CCC1CN(CC(=O)N2CCC(Cc3ccccc3)CC2)c2ccccc2S1. The molecular weight excluding hydrogens is 364 g/mol. The molecule has 1 amide bonds. The van der Waals surface area contributed by atoms with E-state index in [4.69, 9.17) is 0 Å². The van der Waals surface area contributed by atoms with E-state index in [1.165, 1.54) is 16.1 Å². The Bertz CT molecular complexity index is 786. The second-order valence-electron chi connectivity index (χ2n) is 8.01. The predicted octanol–water partition coefficient (Wildman–Crippen LogP) is 4.86. The summed E-state index contributed by atoms with van der Waals surface area (Å²) in [5.74, 6) is 0.984. The second kappa shape index (κ2) is 9.04. The third kappa shape index (κ3) is 4.54. The van der Waals surface area contributed by atoms with Gasteiger partial charge in [-0.15, -0.1) is 11.8 Å². The van der Waals surface area contributed by atoms with Gasteiger partial charge in [-0.1, -0.05) is 49.4 Å². The smallest absolute Gasteiger partial charge is 0.242 e. The fourth-order valence-corrected chi connectivity index (χ4v) is 5.59. The molecule has 2 heterocycles. The predicted molar refractivity (Wildman–Crippen MR) is 118 cm³/mol. The van der Waals surface area contributed by atoms with Crippen LogP contribution in [-0.4, -0.2) is 42.2 Å². The number of piperidine rings is 1. The molecule has 28 heavy (non-hydrogen) atoms. The van der Waals surface area contributed by atoms with Crippen LogP contribution in [0.15, 0.2) is 59.5 Å². The van der Waals surface area contributed by atoms with E-state index in [-0.39, 0.29) is 5.91 Å². The molecule has 148 valence electrons. The Balaban J connectivity index is 1.33. The van der Waals surface area contributed by atoms with Gasteiger partial charge in [0.1, 0.15) is 0 Å². The summed E-state index contributed by atoms with van der Waals surface area (Å²) >= 11 is 1.96. The Morgan fingerprint density at radius 2 is 1.75 bits per heavy atom. The van der Waals surface area contributed by atoms with Gasteiger partial charge in [0.05, 0.1) is 12.2 Å². The lowest BCUT2D eigenvalue weighted by Gasteiger charge is -2.37. The first-order valence-corrected chi connectivity index (χ1v) is 11.4. The van der Waals surface area contributed by atoms with Crippen molar-refractivity contribution in [2.45, 2.75) is 42.8 Å². The molecule has 0 spiro atoms. The summed E-state index contributed by atoms with van der Waals surface area (Å²) in [4.78, 5) is 18.7. The number of rotatable bonds is 5. The molecule has 0 aliphatic carbocycles. The van der Waals surface area contributed by atoms with E-state index in [1.807, 2.05) is 11.8 Å². The van der Waals surface area contributed by atoms with E-state index in [9.17, 15) is 4.79 Å². The molecule has 1 unspecified atom stereocenters. The lowest BCUT2D eigenvalue weighted by molar-refractivity contribution is -0.131. The minimum Gasteiger partial charge on any atom is -0.360 e. The number of anilines is 1. The summed E-state index contributed by atoms with van der Waals surface area (Å²) in [5, 5.41) is 0.569. The first kappa shape index (κ1) is 19.4. The zero-order valence-electron chi connectivity index (χ0n) is 16.7. The van der Waals surface area contributed by atoms with Crippen LogP contribution in [-0.2, 0) is 11.2 Å². The average Bonchev–Trinajstić information content (AvgIpc) is 2.75. The van der Waals surface area contributed by atoms with Crippen molar-refractivity contribution in [3.63, 3.8) is 0 Å². The fourth-order valence-electron chi connectivity index (χ4n) is 4.34. The van der Waals surface area contributed by atoms with Gasteiger partial charge >= 0.3 is 0 Å². The summed E-state index contributed by atoms with van der Waals surface area (Å²) in [6.07, 6.45) is 4.50. The van der Waals surface area contributed by atoms with E-state index in [1.54, 1.807) is 0 Å². The highest BCUT2D eigenvalue weighted by molar-refractivity contribution is 8.00. The molecule has 0 bridgehead atoms. The highest BCUT2D eigenvalue weighted by Crippen LogP contribution is 2.39. The van der Waals surface area contributed by atoms with Gasteiger partial charge in [-0.05, 0) is 49.3 Å². The van der Waals surface area contributed by atoms with E-state index < -0.39 is 0 Å². The number of nitrogens with zero attached hydrogens (tertiary/aromatic N) is 2. The van der Waals surface area contributed by atoms with E-state index >= 15 is 0 Å². The molecule has 2 aliphatic rings. The molecule has 0 aromatic heterocycles. The van der Waals surface area contributed by atoms with Crippen LogP contribution < -0.4 is 4.90 Å². The Morgan fingerprint density at radius 1 is 1.04 bits per heavy atom. The van der Waals surface area contributed by atoms with Gasteiger partial charge in [-0.25, -0.2) is 0 Å². The van der Waals surface area contributed by atoms with Crippen LogP contribution in [0.4, 0.5) is 5.69 Å². The number of amides is 1. The molecule has 1 atom stereocenters. The van der Waals surface area contributed by atoms with Gasteiger partial charge in [-0.3, -0.25) is 4.79 Å². The zero-order valence-corrected chi connectivity index (χ0v) is 17.5. The van der Waals surface area contributed by atoms with Crippen molar-refractivity contribution in [3.8, 4) is 0 Å². The fraction of sp³-hybridized carbons (Fsp3) is 0.458. The van der Waals surface area contributed by atoms with E-state index in [2.05, 4.69) is 71.3 Å². The van der Waals surface area contributed by atoms with Crippen LogP contribution in [0.1, 0.15) is 31.7 Å². The minimum absolute atomic E-state index is 0.287. The monoisotopic (exact) mass is 394 g/mol. The van der Waals surface area contributed by atoms with Crippen molar-refractivity contribution in [3.05, 3.63) is 60.2 Å².